The second kappa shape index (κ2) is 5.42. The molecule has 0 atom stereocenters. The fourth-order valence-corrected chi connectivity index (χ4v) is 2.42. The molecular weight excluding hydrogens is 341 g/mol. The minimum atomic E-state index is -4.45. The van der Waals surface area contributed by atoms with E-state index in [9.17, 15) is 13.2 Å². The first-order valence-electron chi connectivity index (χ1n) is 5.12. The summed E-state index contributed by atoms with van der Waals surface area (Å²) in [5.74, 6) is 0. The molecule has 1 aromatic carbocycles. The number of hydrogen-bond acceptors (Lipinski definition) is 3. The number of nitrogens with two attached hydrogens (primary N) is 1. The molecule has 1 aromatic heterocycles. The molecule has 19 heavy (non-hydrogen) atoms. The molecule has 0 unspecified atom stereocenters. The van der Waals surface area contributed by atoms with Crippen LogP contribution in [0, 0.1) is 0 Å². The molecule has 0 radical (unpaired) electrons. The first kappa shape index (κ1) is 14.2. The number of nitrogen functional groups attached to an aromatic ring is 1. The minimum absolute atomic E-state index is 0.277. The number of hydrogen-bond donors (Lipinski definition) is 1. The number of anilines is 1. The van der Waals surface area contributed by atoms with Crippen LogP contribution in [0.1, 0.15) is 5.56 Å². The van der Waals surface area contributed by atoms with Crippen LogP contribution in [-0.4, -0.2) is 4.98 Å². The summed E-state index contributed by atoms with van der Waals surface area (Å²) in [4.78, 5) is 4.53. The maximum atomic E-state index is 12.7. The van der Waals surface area contributed by atoms with Gasteiger partial charge in [-0.3, -0.25) is 0 Å². The van der Waals surface area contributed by atoms with Gasteiger partial charge in [0.25, 0.3) is 0 Å². The molecule has 0 spiro atoms. The van der Waals surface area contributed by atoms with Crippen molar-refractivity contribution in [1.29, 1.82) is 0 Å². The van der Waals surface area contributed by atoms with E-state index >= 15 is 0 Å². The predicted molar refractivity (Wildman–Crippen MR) is 71.9 cm³/mol. The second-order valence-corrected chi connectivity index (χ2v) is 5.67. The van der Waals surface area contributed by atoms with Crippen LogP contribution in [-0.2, 0) is 6.18 Å². The maximum Gasteiger partial charge on any atom is 0.418 e. The third-order valence-corrected chi connectivity index (χ3v) is 3.66. The van der Waals surface area contributed by atoms with Crippen molar-refractivity contribution in [3.8, 4) is 0 Å². The molecule has 0 saturated carbocycles. The number of benzene rings is 1. The van der Waals surface area contributed by atoms with Crippen molar-refractivity contribution in [3.63, 3.8) is 0 Å². The molecule has 2 nitrogen and oxygen atoms in total. The molecule has 0 bridgehead atoms. The van der Waals surface area contributed by atoms with Crippen molar-refractivity contribution in [3.05, 3.63) is 46.6 Å². The summed E-state index contributed by atoms with van der Waals surface area (Å²) in [6.45, 7) is 0. The zero-order chi connectivity index (χ0) is 14.0. The Balaban J connectivity index is 2.29. The SMILES string of the molecule is Nc1ccc(Sc2ccc(Br)cn2)cc1C(F)(F)F. The molecule has 7 heteroatoms. The zero-order valence-electron chi connectivity index (χ0n) is 9.41. The van der Waals surface area contributed by atoms with E-state index in [-0.39, 0.29) is 5.69 Å². The molecule has 2 N–H and O–H groups in total. The van der Waals surface area contributed by atoms with Gasteiger partial charge in [-0.15, -0.1) is 0 Å². The van der Waals surface area contributed by atoms with E-state index in [4.69, 9.17) is 5.73 Å². The van der Waals surface area contributed by atoms with Crippen molar-refractivity contribution >= 4 is 33.4 Å². The highest BCUT2D eigenvalue weighted by atomic mass is 79.9. The quantitative estimate of drug-likeness (QED) is 0.806. The average molecular weight is 349 g/mol. The van der Waals surface area contributed by atoms with Gasteiger partial charge in [0.1, 0.15) is 5.03 Å². The highest BCUT2D eigenvalue weighted by molar-refractivity contribution is 9.10. The van der Waals surface area contributed by atoms with E-state index in [0.717, 1.165) is 22.3 Å². The Bertz CT molecular complexity index is 585. The topological polar surface area (TPSA) is 38.9 Å². The van der Waals surface area contributed by atoms with Gasteiger partial charge in [-0.05, 0) is 46.3 Å². The molecule has 0 amide bonds. The van der Waals surface area contributed by atoms with Gasteiger partial charge in [0.15, 0.2) is 0 Å². The molecule has 0 aliphatic heterocycles. The molecule has 0 aliphatic carbocycles. The molecule has 100 valence electrons. The van der Waals surface area contributed by atoms with Crippen molar-refractivity contribution in [2.24, 2.45) is 0 Å². The molecule has 0 saturated heterocycles. The van der Waals surface area contributed by atoms with Gasteiger partial charge in [-0.1, -0.05) is 11.8 Å². The van der Waals surface area contributed by atoms with E-state index in [1.165, 1.54) is 6.07 Å². The standard InChI is InChI=1S/C12H8BrF3N2S/c13-7-1-4-11(18-6-7)19-8-2-3-10(17)9(5-8)12(14,15)16/h1-6H,17H2. The summed E-state index contributed by atoms with van der Waals surface area (Å²) >= 11 is 4.39. The Morgan fingerprint density at radius 3 is 2.47 bits per heavy atom. The normalized spacial score (nSPS) is 11.6. The predicted octanol–water partition coefficient (Wildman–Crippen LogP) is 4.60. The lowest BCUT2D eigenvalue weighted by atomic mass is 10.2. The van der Waals surface area contributed by atoms with Crippen LogP contribution in [0.3, 0.4) is 0 Å². The first-order valence-corrected chi connectivity index (χ1v) is 6.73. The monoisotopic (exact) mass is 348 g/mol. The third-order valence-electron chi connectivity index (χ3n) is 2.25. The molecule has 2 rings (SSSR count). The lowest BCUT2D eigenvalue weighted by Gasteiger charge is -2.11. The smallest absolute Gasteiger partial charge is 0.398 e. The summed E-state index contributed by atoms with van der Waals surface area (Å²) in [7, 11) is 0. The second-order valence-electron chi connectivity index (χ2n) is 3.66. The Morgan fingerprint density at radius 2 is 1.89 bits per heavy atom. The van der Waals surface area contributed by atoms with E-state index in [2.05, 4.69) is 20.9 Å². The fraction of sp³-hybridized carbons (Fsp3) is 0.0833. The Hall–Kier alpha value is -1.21. The molecule has 0 aliphatic rings. The van der Waals surface area contributed by atoms with E-state index in [0.29, 0.717) is 9.92 Å². The van der Waals surface area contributed by atoms with Crippen LogP contribution < -0.4 is 5.73 Å². The lowest BCUT2D eigenvalue weighted by molar-refractivity contribution is -0.137. The number of alkyl halides is 3. The van der Waals surface area contributed by atoms with E-state index in [1.54, 1.807) is 24.4 Å². The zero-order valence-corrected chi connectivity index (χ0v) is 11.8. The Labute approximate surface area is 120 Å². The molecule has 2 aromatic rings. The highest BCUT2D eigenvalue weighted by Crippen LogP contribution is 2.37. The number of pyridine rings is 1. The van der Waals surface area contributed by atoms with Gasteiger partial charge >= 0.3 is 6.18 Å². The summed E-state index contributed by atoms with van der Waals surface area (Å²) < 4.78 is 38.9. The van der Waals surface area contributed by atoms with Gasteiger partial charge in [0.2, 0.25) is 0 Å². The van der Waals surface area contributed by atoms with Crippen LogP contribution >= 0.6 is 27.7 Å². The average Bonchev–Trinajstić information content (AvgIpc) is 2.33. The van der Waals surface area contributed by atoms with Crippen LogP contribution in [0.25, 0.3) is 0 Å². The molecule has 1 heterocycles. The van der Waals surface area contributed by atoms with Gasteiger partial charge in [-0.2, -0.15) is 13.2 Å². The van der Waals surface area contributed by atoms with Gasteiger partial charge < -0.3 is 5.73 Å². The lowest BCUT2D eigenvalue weighted by Crippen LogP contribution is -2.08. The van der Waals surface area contributed by atoms with Gasteiger partial charge in [0, 0.05) is 21.3 Å². The van der Waals surface area contributed by atoms with Crippen molar-refractivity contribution in [1.82, 2.24) is 4.98 Å². The van der Waals surface area contributed by atoms with Crippen LogP contribution in [0.5, 0.6) is 0 Å². The number of halogens is 4. The van der Waals surface area contributed by atoms with Crippen LogP contribution in [0.15, 0.2) is 50.9 Å². The summed E-state index contributed by atoms with van der Waals surface area (Å²) in [6, 6.07) is 7.32. The summed E-state index contributed by atoms with van der Waals surface area (Å²) in [6.07, 6.45) is -2.86. The van der Waals surface area contributed by atoms with Gasteiger partial charge in [-0.25, -0.2) is 4.98 Å². The summed E-state index contributed by atoms with van der Waals surface area (Å²) in [5, 5.41) is 0.612. The van der Waals surface area contributed by atoms with Crippen molar-refractivity contribution in [2.45, 2.75) is 16.1 Å². The number of nitrogens with zero attached hydrogens (tertiary/aromatic N) is 1. The third kappa shape index (κ3) is 3.63. The highest BCUT2D eigenvalue weighted by Gasteiger charge is 2.33. The van der Waals surface area contributed by atoms with Gasteiger partial charge in [0.05, 0.1) is 5.56 Å². The van der Waals surface area contributed by atoms with Crippen LogP contribution in [0.4, 0.5) is 18.9 Å². The molecule has 0 fully saturated rings. The Kier molecular flexibility index (Phi) is 4.05. The number of rotatable bonds is 2. The largest absolute Gasteiger partial charge is 0.418 e. The molecular formula is C12H8BrF3N2S. The maximum absolute atomic E-state index is 12.7. The Morgan fingerprint density at radius 1 is 1.16 bits per heavy atom. The van der Waals surface area contributed by atoms with Crippen LogP contribution in [0.2, 0.25) is 0 Å². The van der Waals surface area contributed by atoms with Crippen molar-refractivity contribution < 1.29 is 13.2 Å². The first-order chi connectivity index (χ1) is 8.86. The van der Waals surface area contributed by atoms with Crippen molar-refractivity contribution in [2.75, 3.05) is 5.73 Å². The van der Waals surface area contributed by atoms with E-state index in [1.807, 2.05) is 0 Å². The minimum Gasteiger partial charge on any atom is -0.398 e. The summed E-state index contributed by atoms with van der Waals surface area (Å²) in [5.41, 5.74) is 4.24. The van der Waals surface area contributed by atoms with E-state index < -0.39 is 11.7 Å². The fourth-order valence-electron chi connectivity index (χ4n) is 1.39. The number of aromatic nitrogens is 1.